The van der Waals surface area contributed by atoms with Gasteiger partial charge in [-0.3, -0.25) is 0 Å². The third-order valence-electron chi connectivity index (χ3n) is 6.28. The molecule has 3 saturated heterocycles. The maximum absolute atomic E-state index is 6.23. The number of benzene rings is 3. The van der Waals surface area contributed by atoms with Gasteiger partial charge in [-0.25, -0.2) is 0 Å². The van der Waals surface area contributed by atoms with E-state index in [-0.39, 0.29) is 18.3 Å². The first-order valence-corrected chi connectivity index (χ1v) is 12.3. The Kier molecular flexibility index (Phi) is 6.58. The van der Waals surface area contributed by atoms with Crippen molar-refractivity contribution in [2.24, 2.45) is 0 Å². The third kappa shape index (κ3) is 6.54. The molecule has 0 aliphatic carbocycles. The Morgan fingerprint density at radius 1 is 0.571 bits per heavy atom. The van der Waals surface area contributed by atoms with Crippen molar-refractivity contribution in [1.82, 2.24) is 0 Å². The van der Waals surface area contributed by atoms with E-state index in [1.165, 1.54) is 11.1 Å². The third-order valence-corrected chi connectivity index (χ3v) is 6.28. The molecular formula is C29H30O6. The number of hydrogen-bond donors (Lipinski definition) is 0. The Bertz CT molecular complexity index is 1150. The molecule has 3 aromatic carbocycles. The predicted molar refractivity (Wildman–Crippen MR) is 131 cm³/mol. The molecule has 6 heteroatoms. The van der Waals surface area contributed by atoms with Gasteiger partial charge in [0.1, 0.15) is 55.4 Å². The first-order chi connectivity index (χ1) is 17.3. The van der Waals surface area contributed by atoms with Gasteiger partial charge in [0.15, 0.2) is 0 Å². The van der Waals surface area contributed by atoms with Crippen LogP contribution in [-0.2, 0) is 27.1 Å². The van der Waals surface area contributed by atoms with Crippen molar-refractivity contribution in [2.75, 3.05) is 39.6 Å². The fourth-order valence-electron chi connectivity index (χ4n) is 4.01. The van der Waals surface area contributed by atoms with Crippen LogP contribution in [0.5, 0.6) is 17.2 Å². The maximum Gasteiger partial charge on any atom is 0.123 e. The molecule has 0 radical (unpaired) electrons. The SMILES string of the molecule is c1cc(Cc2ccc(Cc3ccccc3OCC3CO3)cc2OCC2CO2)cc(OCC2CO2)c1. The Balaban J connectivity index is 1.18. The molecule has 3 aromatic rings. The van der Waals surface area contributed by atoms with Crippen LogP contribution in [0.1, 0.15) is 22.3 Å². The molecule has 35 heavy (non-hydrogen) atoms. The molecule has 6 nitrogen and oxygen atoms in total. The number of ether oxygens (including phenoxy) is 6. The minimum atomic E-state index is 0.201. The van der Waals surface area contributed by atoms with E-state index >= 15 is 0 Å². The zero-order valence-corrected chi connectivity index (χ0v) is 19.7. The topological polar surface area (TPSA) is 65.3 Å². The van der Waals surface area contributed by atoms with Crippen LogP contribution in [0, 0.1) is 0 Å². The van der Waals surface area contributed by atoms with E-state index in [0.717, 1.165) is 61.0 Å². The lowest BCUT2D eigenvalue weighted by atomic mass is 9.98. The standard InChI is InChI=1S/C29H30O6/c1-2-7-28(34-18-26-16-32-26)22(5-1)11-21-8-9-23(29(13-21)35-19-27-17-33-27)10-20-4-3-6-24(12-20)30-14-25-15-31-25/h1-9,12-13,25-27H,10-11,14-19H2. The van der Waals surface area contributed by atoms with E-state index < -0.39 is 0 Å². The smallest absolute Gasteiger partial charge is 0.123 e. The van der Waals surface area contributed by atoms with Crippen LogP contribution in [0.2, 0.25) is 0 Å². The number of para-hydroxylation sites is 1. The average Bonchev–Trinajstić information content (AvgIpc) is 3.74. The normalized spacial score (nSPS) is 21.9. The molecule has 3 unspecified atom stereocenters. The summed E-state index contributed by atoms with van der Waals surface area (Å²) < 4.78 is 34.0. The molecule has 3 atom stereocenters. The second kappa shape index (κ2) is 10.3. The van der Waals surface area contributed by atoms with Gasteiger partial charge in [-0.05, 0) is 46.5 Å². The Hall–Kier alpha value is -3.06. The minimum absolute atomic E-state index is 0.201. The van der Waals surface area contributed by atoms with Crippen molar-refractivity contribution in [3.63, 3.8) is 0 Å². The Morgan fingerprint density at radius 3 is 1.89 bits per heavy atom. The van der Waals surface area contributed by atoms with E-state index in [0.29, 0.717) is 19.8 Å². The van der Waals surface area contributed by atoms with Gasteiger partial charge in [-0.1, -0.05) is 42.5 Å². The van der Waals surface area contributed by atoms with Crippen molar-refractivity contribution >= 4 is 0 Å². The van der Waals surface area contributed by atoms with Crippen molar-refractivity contribution in [1.29, 1.82) is 0 Å². The van der Waals surface area contributed by atoms with Crippen LogP contribution in [0.3, 0.4) is 0 Å². The summed E-state index contributed by atoms with van der Waals surface area (Å²) in [5.74, 6) is 2.69. The van der Waals surface area contributed by atoms with Crippen LogP contribution in [0.15, 0.2) is 66.7 Å². The van der Waals surface area contributed by atoms with Gasteiger partial charge in [0.2, 0.25) is 0 Å². The number of rotatable bonds is 13. The van der Waals surface area contributed by atoms with Crippen molar-refractivity contribution < 1.29 is 28.4 Å². The summed E-state index contributed by atoms with van der Waals surface area (Å²) in [6.07, 6.45) is 2.21. The van der Waals surface area contributed by atoms with Gasteiger partial charge in [0.25, 0.3) is 0 Å². The molecule has 182 valence electrons. The van der Waals surface area contributed by atoms with Crippen molar-refractivity contribution in [3.8, 4) is 17.2 Å². The fraction of sp³-hybridized carbons (Fsp3) is 0.379. The molecule has 0 aromatic heterocycles. The van der Waals surface area contributed by atoms with Crippen molar-refractivity contribution in [2.45, 2.75) is 31.2 Å². The molecule has 3 heterocycles. The van der Waals surface area contributed by atoms with Gasteiger partial charge in [0.05, 0.1) is 19.8 Å². The molecule has 6 rings (SSSR count). The van der Waals surface area contributed by atoms with E-state index in [9.17, 15) is 0 Å². The van der Waals surface area contributed by atoms with E-state index in [4.69, 9.17) is 28.4 Å². The maximum atomic E-state index is 6.23. The Morgan fingerprint density at radius 2 is 1.17 bits per heavy atom. The lowest BCUT2D eigenvalue weighted by Gasteiger charge is -2.15. The van der Waals surface area contributed by atoms with E-state index in [1.54, 1.807) is 0 Å². The molecule has 3 aliphatic heterocycles. The lowest BCUT2D eigenvalue weighted by molar-refractivity contribution is 0.260. The highest BCUT2D eigenvalue weighted by atomic mass is 16.6. The summed E-state index contributed by atoms with van der Waals surface area (Å²) in [5, 5.41) is 0. The molecule has 3 fully saturated rings. The molecule has 0 bridgehead atoms. The first kappa shape index (κ1) is 22.4. The minimum Gasteiger partial charge on any atom is -0.491 e. The highest BCUT2D eigenvalue weighted by molar-refractivity contribution is 5.45. The number of hydrogen-bond acceptors (Lipinski definition) is 6. The fourth-order valence-corrected chi connectivity index (χ4v) is 4.01. The highest BCUT2D eigenvalue weighted by Crippen LogP contribution is 2.29. The van der Waals surface area contributed by atoms with Crippen LogP contribution in [0.25, 0.3) is 0 Å². The average molecular weight is 475 g/mol. The van der Waals surface area contributed by atoms with Crippen LogP contribution in [0.4, 0.5) is 0 Å². The van der Waals surface area contributed by atoms with Gasteiger partial charge in [0, 0.05) is 12.8 Å². The van der Waals surface area contributed by atoms with Gasteiger partial charge in [-0.15, -0.1) is 0 Å². The van der Waals surface area contributed by atoms with Gasteiger partial charge in [-0.2, -0.15) is 0 Å². The van der Waals surface area contributed by atoms with Gasteiger partial charge < -0.3 is 28.4 Å². The summed E-state index contributed by atoms with van der Waals surface area (Å²) >= 11 is 0. The van der Waals surface area contributed by atoms with Crippen LogP contribution < -0.4 is 14.2 Å². The quantitative estimate of drug-likeness (QED) is 0.346. The lowest BCUT2D eigenvalue weighted by Crippen LogP contribution is -2.08. The zero-order valence-electron chi connectivity index (χ0n) is 19.7. The van der Waals surface area contributed by atoms with Crippen LogP contribution in [-0.4, -0.2) is 58.0 Å². The second-order valence-corrected chi connectivity index (χ2v) is 9.35. The van der Waals surface area contributed by atoms with Crippen LogP contribution >= 0.6 is 0 Å². The van der Waals surface area contributed by atoms with Crippen molar-refractivity contribution in [3.05, 3.63) is 89.0 Å². The monoisotopic (exact) mass is 474 g/mol. The largest absolute Gasteiger partial charge is 0.491 e. The summed E-state index contributed by atoms with van der Waals surface area (Å²) in [5.41, 5.74) is 4.66. The summed E-state index contributed by atoms with van der Waals surface area (Å²) in [6.45, 7) is 4.13. The highest BCUT2D eigenvalue weighted by Gasteiger charge is 2.25. The summed E-state index contributed by atoms with van der Waals surface area (Å²) in [7, 11) is 0. The predicted octanol–water partition coefficient (Wildman–Crippen LogP) is 4.20. The molecule has 3 aliphatic rings. The van der Waals surface area contributed by atoms with Gasteiger partial charge >= 0.3 is 0 Å². The molecule has 0 N–H and O–H groups in total. The van der Waals surface area contributed by atoms with E-state index in [1.807, 2.05) is 24.3 Å². The molecular weight excluding hydrogens is 444 g/mol. The summed E-state index contributed by atoms with van der Waals surface area (Å²) in [6, 6.07) is 23.0. The molecule has 0 saturated carbocycles. The Labute approximate surface area is 205 Å². The zero-order chi connectivity index (χ0) is 23.5. The molecule has 0 spiro atoms. The number of epoxide rings is 3. The first-order valence-electron chi connectivity index (χ1n) is 12.3. The van der Waals surface area contributed by atoms with E-state index in [2.05, 4.69) is 42.5 Å². The second-order valence-electron chi connectivity index (χ2n) is 9.35. The summed E-state index contributed by atoms with van der Waals surface area (Å²) in [4.78, 5) is 0. The molecule has 0 amide bonds.